The molecule has 25 heavy (non-hydrogen) atoms. The minimum atomic E-state index is 0.162. The number of hydrogen-bond donors (Lipinski definition) is 2. The highest BCUT2D eigenvalue weighted by molar-refractivity contribution is 6.14. The lowest BCUT2D eigenvalue weighted by atomic mass is 10.0. The fourth-order valence-corrected chi connectivity index (χ4v) is 3.24. The van der Waals surface area contributed by atoms with E-state index in [0.717, 1.165) is 27.9 Å². The number of ether oxygens (including phenoxy) is 1. The van der Waals surface area contributed by atoms with Crippen LogP contribution >= 0.6 is 0 Å². The molecule has 2 N–H and O–H groups in total. The number of aliphatic imine (C=N–C) groups is 1. The van der Waals surface area contributed by atoms with Gasteiger partial charge in [-0.05, 0) is 44.9 Å². The van der Waals surface area contributed by atoms with Gasteiger partial charge < -0.3 is 19.7 Å². The molecule has 0 aliphatic carbocycles. The summed E-state index contributed by atoms with van der Waals surface area (Å²) in [5.74, 6) is 0.822. The maximum absolute atomic E-state index is 10.9. The summed E-state index contributed by atoms with van der Waals surface area (Å²) in [4.78, 5) is 4.60. The molecule has 3 rings (SSSR count). The number of fused-ring (bicyclic) bond motifs is 1. The zero-order valence-electron chi connectivity index (χ0n) is 15.8. The first kappa shape index (κ1) is 17.8. The first-order chi connectivity index (χ1) is 11.9. The number of rotatable bonds is 5. The van der Waals surface area contributed by atoms with Crippen molar-refractivity contribution >= 4 is 22.3 Å². The first-order valence-electron chi connectivity index (χ1n) is 9.15. The Hall–Kier alpha value is -2.01. The molecular formula is C20H29N3O2. The molecule has 0 spiro atoms. The van der Waals surface area contributed by atoms with E-state index in [1.165, 1.54) is 0 Å². The van der Waals surface area contributed by atoms with Crippen molar-refractivity contribution < 1.29 is 9.84 Å². The molecule has 0 radical (unpaired) electrons. The molecule has 0 amide bonds. The number of anilines is 1. The van der Waals surface area contributed by atoms with Crippen molar-refractivity contribution in [2.45, 2.75) is 46.7 Å². The standard InChI is InChI=1S/C20H29N3O2/c1-12(2)14(5)22-15-6-7-18-16(10-15)19(17-11-25-9-8-21-17)20(24)23(18)13(3)4/h6-7,10,12-14,22,24H,8-9,11H2,1-5H3. The molecular weight excluding hydrogens is 314 g/mol. The van der Waals surface area contributed by atoms with Crippen LogP contribution in [0.4, 0.5) is 5.69 Å². The van der Waals surface area contributed by atoms with Gasteiger partial charge in [-0.2, -0.15) is 0 Å². The van der Waals surface area contributed by atoms with Gasteiger partial charge in [0.05, 0.1) is 36.6 Å². The molecule has 5 nitrogen and oxygen atoms in total. The van der Waals surface area contributed by atoms with E-state index < -0.39 is 0 Å². The Morgan fingerprint density at radius 3 is 2.56 bits per heavy atom. The molecule has 2 aromatic rings. The van der Waals surface area contributed by atoms with E-state index in [-0.39, 0.29) is 11.9 Å². The van der Waals surface area contributed by atoms with Gasteiger partial charge in [0.1, 0.15) is 0 Å². The number of aromatic hydroxyl groups is 1. The number of benzene rings is 1. The highest BCUT2D eigenvalue weighted by Crippen LogP contribution is 2.36. The van der Waals surface area contributed by atoms with Crippen molar-refractivity contribution in [3.63, 3.8) is 0 Å². The van der Waals surface area contributed by atoms with E-state index in [1.54, 1.807) is 0 Å². The highest BCUT2D eigenvalue weighted by atomic mass is 16.5. The van der Waals surface area contributed by atoms with Gasteiger partial charge in [-0.1, -0.05) is 13.8 Å². The van der Waals surface area contributed by atoms with Gasteiger partial charge in [-0.25, -0.2) is 0 Å². The summed E-state index contributed by atoms with van der Waals surface area (Å²) in [6.45, 7) is 12.5. The number of hydrogen-bond acceptors (Lipinski definition) is 4. The van der Waals surface area contributed by atoms with E-state index in [0.29, 0.717) is 31.7 Å². The summed E-state index contributed by atoms with van der Waals surface area (Å²) in [7, 11) is 0. The first-order valence-corrected chi connectivity index (χ1v) is 9.15. The average molecular weight is 343 g/mol. The van der Waals surface area contributed by atoms with Crippen molar-refractivity contribution in [1.29, 1.82) is 0 Å². The van der Waals surface area contributed by atoms with Crippen LogP contribution in [0.25, 0.3) is 10.9 Å². The van der Waals surface area contributed by atoms with Crippen LogP contribution in [0.1, 0.15) is 46.2 Å². The summed E-state index contributed by atoms with van der Waals surface area (Å²) < 4.78 is 7.54. The smallest absolute Gasteiger partial charge is 0.201 e. The van der Waals surface area contributed by atoms with E-state index in [2.05, 4.69) is 63.1 Å². The van der Waals surface area contributed by atoms with Gasteiger partial charge >= 0.3 is 0 Å². The Balaban J connectivity index is 2.14. The molecule has 1 aliphatic rings. The molecule has 1 unspecified atom stereocenters. The van der Waals surface area contributed by atoms with Crippen LogP contribution in [-0.4, -0.2) is 41.2 Å². The summed E-state index contributed by atoms with van der Waals surface area (Å²) in [6, 6.07) is 6.83. The van der Waals surface area contributed by atoms with Crippen molar-refractivity contribution in [2.24, 2.45) is 10.9 Å². The molecule has 1 aromatic heterocycles. The van der Waals surface area contributed by atoms with Crippen molar-refractivity contribution in [3.05, 3.63) is 23.8 Å². The number of nitrogens with zero attached hydrogens (tertiary/aromatic N) is 2. The maximum Gasteiger partial charge on any atom is 0.201 e. The largest absolute Gasteiger partial charge is 0.494 e. The minimum absolute atomic E-state index is 0.162. The lowest BCUT2D eigenvalue weighted by Gasteiger charge is -2.19. The quantitative estimate of drug-likeness (QED) is 0.855. The Kier molecular flexibility index (Phi) is 5.04. The van der Waals surface area contributed by atoms with Crippen LogP contribution in [0.2, 0.25) is 0 Å². The monoisotopic (exact) mass is 343 g/mol. The van der Waals surface area contributed by atoms with Crippen molar-refractivity contribution in [3.8, 4) is 5.88 Å². The van der Waals surface area contributed by atoms with Gasteiger partial charge in [0.2, 0.25) is 5.88 Å². The predicted molar refractivity (Wildman–Crippen MR) is 104 cm³/mol. The second kappa shape index (κ2) is 7.08. The molecule has 5 heteroatoms. The van der Waals surface area contributed by atoms with Crippen LogP contribution in [0.3, 0.4) is 0 Å². The van der Waals surface area contributed by atoms with Gasteiger partial charge in [-0.15, -0.1) is 0 Å². The maximum atomic E-state index is 10.9. The van der Waals surface area contributed by atoms with E-state index in [9.17, 15) is 5.11 Å². The van der Waals surface area contributed by atoms with Gasteiger partial charge in [0.15, 0.2) is 0 Å². The lowest BCUT2D eigenvalue weighted by molar-refractivity contribution is 0.171. The van der Waals surface area contributed by atoms with Crippen LogP contribution in [0.15, 0.2) is 23.2 Å². The molecule has 1 atom stereocenters. The van der Waals surface area contributed by atoms with E-state index >= 15 is 0 Å². The number of aromatic nitrogens is 1. The highest BCUT2D eigenvalue weighted by Gasteiger charge is 2.24. The third-order valence-electron chi connectivity index (χ3n) is 4.95. The van der Waals surface area contributed by atoms with Crippen molar-refractivity contribution in [1.82, 2.24) is 4.57 Å². The molecule has 1 aliphatic heterocycles. The molecule has 136 valence electrons. The summed E-state index contributed by atoms with van der Waals surface area (Å²) in [5.41, 5.74) is 3.73. The fraction of sp³-hybridized carbons (Fsp3) is 0.550. The zero-order chi connectivity index (χ0) is 18.1. The normalized spacial score (nSPS) is 16.5. The fourth-order valence-electron chi connectivity index (χ4n) is 3.24. The Morgan fingerprint density at radius 2 is 1.96 bits per heavy atom. The van der Waals surface area contributed by atoms with Gasteiger partial charge in [-0.3, -0.25) is 4.99 Å². The van der Waals surface area contributed by atoms with Crippen LogP contribution in [-0.2, 0) is 4.74 Å². The predicted octanol–water partition coefficient (Wildman–Crippen LogP) is 4.20. The Bertz CT molecular complexity index is 790. The third kappa shape index (κ3) is 3.38. The second-order valence-corrected chi connectivity index (χ2v) is 7.45. The Morgan fingerprint density at radius 1 is 1.20 bits per heavy atom. The average Bonchev–Trinajstić information content (AvgIpc) is 2.86. The van der Waals surface area contributed by atoms with Crippen LogP contribution in [0, 0.1) is 5.92 Å². The number of nitrogens with one attached hydrogen (secondary N) is 1. The molecule has 0 fully saturated rings. The summed E-state index contributed by atoms with van der Waals surface area (Å²) in [5, 5.41) is 15.5. The van der Waals surface area contributed by atoms with Crippen LogP contribution in [0.5, 0.6) is 5.88 Å². The SMILES string of the molecule is CC(C)C(C)Nc1ccc2c(c1)c(C1=NCCOC1)c(O)n2C(C)C. The molecule has 0 saturated heterocycles. The van der Waals surface area contributed by atoms with E-state index in [4.69, 9.17) is 4.74 Å². The molecule has 1 aromatic carbocycles. The van der Waals surface area contributed by atoms with Gasteiger partial charge in [0, 0.05) is 23.2 Å². The van der Waals surface area contributed by atoms with Gasteiger partial charge in [0.25, 0.3) is 0 Å². The summed E-state index contributed by atoms with van der Waals surface area (Å²) >= 11 is 0. The zero-order valence-corrected chi connectivity index (χ0v) is 15.8. The summed E-state index contributed by atoms with van der Waals surface area (Å²) in [6.07, 6.45) is 0. The molecule has 2 heterocycles. The van der Waals surface area contributed by atoms with Crippen LogP contribution < -0.4 is 5.32 Å². The molecule has 0 bridgehead atoms. The minimum Gasteiger partial charge on any atom is -0.494 e. The van der Waals surface area contributed by atoms with Crippen molar-refractivity contribution in [2.75, 3.05) is 25.1 Å². The van der Waals surface area contributed by atoms with E-state index in [1.807, 2.05) is 4.57 Å². The third-order valence-corrected chi connectivity index (χ3v) is 4.95. The second-order valence-electron chi connectivity index (χ2n) is 7.45. The molecule has 0 saturated carbocycles. The topological polar surface area (TPSA) is 58.8 Å². The lowest BCUT2D eigenvalue weighted by Crippen LogP contribution is -2.21. The Labute approximate surface area is 149 Å².